The van der Waals surface area contributed by atoms with E-state index < -0.39 is 17.2 Å². The number of aromatic nitrogens is 1. The topological polar surface area (TPSA) is 93.0 Å². The molecule has 2 aromatic rings. The average Bonchev–Trinajstić information content (AvgIpc) is 3.45. The molecule has 0 unspecified atom stereocenters. The van der Waals surface area contributed by atoms with Crippen LogP contribution >= 0.6 is 0 Å². The molecule has 9 heteroatoms. The summed E-state index contributed by atoms with van der Waals surface area (Å²) in [5, 5.41) is 12.8. The average molecular weight is 403 g/mol. The molecule has 3 heterocycles. The van der Waals surface area contributed by atoms with Crippen LogP contribution in [0.25, 0.3) is 10.9 Å². The lowest BCUT2D eigenvalue weighted by Crippen LogP contribution is -2.47. The number of carboxylic acid groups (broad SMARTS) is 1. The van der Waals surface area contributed by atoms with E-state index in [0.717, 1.165) is 25.5 Å². The first kappa shape index (κ1) is 18.4. The van der Waals surface area contributed by atoms with Crippen molar-refractivity contribution in [2.24, 2.45) is 0 Å². The van der Waals surface area contributed by atoms with Gasteiger partial charge in [0.25, 0.3) is 0 Å². The van der Waals surface area contributed by atoms with Crippen LogP contribution in [0, 0.1) is 5.82 Å². The quantitative estimate of drug-likeness (QED) is 0.796. The molecule has 1 saturated carbocycles. The monoisotopic (exact) mass is 403 g/mol. The van der Waals surface area contributed by atoms with Crippen molar-refractivity contribution in [1.29, 1.82) is 0 Å². The second kappa shape index (κ2) is 6.70. The molecular weight excluding hydrogens is 381 g/mol. The lowest BCUT2D eigenvalue weighted by atomic mass is 10.1. The summed E-state index contributed by atoms with van der Waals surface area (Å²) in [4.78, 5) is 26.2. The maximum Gasteiger partial charge on any atom is 0.341 e. The first-order valence-electron chi connectivity index (χ1n) is 9.78. The lowest BCUT2D eigenvalue weighted by molar-refractivity contribution is 0.0212. The van der Waals surface area contributed by atoms with E-state index in [4.69, 9.17) is 9.47 Å². The van der Waals surface area contributed by atoms with E-state index in [1.54, 1.807) is 4.57 Å². The molecule has 2 saturated heterocycles. The van der Waals surface area contributed by atoms with Crippen LogP contribution < -0.4 is 20.4 Å². The highest BCUT2D eigenvalue weighted by Crippen LogP contribution is 2.44. The number of hydrogen-bond donors (Lipinski definition) is 2. The number of benzene rings is 1. The van der Waals surface area contributed by atoms with Crippen molar-refractivity contribution in [3.05, 3.63) is 33.9 Å². The van der Waals surface area contributed by atoms with Gasteiger partial charge in [-0.3, -0.25) is 4.79 Å². The summed E-state index contributed by atoms with van der Waals surface area (Å²) in [5.41, 5.74) is -0.321. The van der Waals surface area contributed by atoms with Gasteiger partial charge in [-0.25, -0.2) is 9.18 Å². The van der Waals surface area contributed by atoms with Crippen LogP contribution in [0.1, 0.15) is 29.2 Å². The summed E-state index contributed by atoms with van der Waals surface area (Å²) in [6.45, 7) is 2.44. The maximum absolute atomic E-state index is 15.3. The predicted octanol–water partition coefficient (Wildman–Crippen LogP) is 1.36. The molecule has 1 aromatic carbocycles. The van der Waals surface area contributed by atoms with E-state index in [2.05, 4.69) is 5.32 Å². The number of nitrogens with zero attached hydrogens (tertiary/aromatic N) is 2. The van der Waals surface area contributed by atoms with Crippen LogP contribution in [0.2, 0.25) is 0 Å². The number of aromatic carboxylic acids is 1. The zero-order valence-corrected chi connectivity index (χ0v) is 16.0. The Hall–Kier alpha value is -2.65. The fourth-order valence-electron chi connectivity index (χ4n) is 4.50. The number of halogens is 1. The Labute approximate surface area is 165 Å². The highest BCUT2D eigenvalue weighted by Gasteiger charge is 2.39. The number of rotatable bonds is 4. The second-order valence-electron chi connectivity index (χ2n) is 7.83. The normalized spacial score (nSPS) is 24.0. The van der Waals surface area contributed by atoms with E-state index in [0.29, 0.717) is 25.2 Å². The highest BCUT2D eigenvalue weighted by molar-refractivity contribution is 5.97. The minimum absolute atomic E-state index is 0.0286. The summed E-state index contributed by atoms with van der Waals surface area (Å²) in [6, 6.07) is 1.33. The number of anilines is 1. The van der Waals surface area contributed by atoms with Crippen molar-refractivity contribution in [2.45, 2.75) is 31.0 Å². The minimum atomic E-state index is -1.32. The van der Waals surface area contributed by atoms with Crippen molar-refractivity contribution in [1.82, 2.24) is 9.88 Å². The van der Waals surface area contributed by atoms with Crippen LogP contribution in [0.15, 0.2) is 17.1 Å². The molecule has 1 aromatic heterocycles. The van der Waals surface area contributed by atoms with Crippen LogP contribution in [0.5, 0.6) is 5.75 Å². The second-order valence-corrected chi connectivity index (χ2v) is 7.83. The van der Waals surface area contributed by atoms with Crippen LogP contribution in [-0.4, -0.2) is 61.1 Å². The molecule has 8 nitrogen and oxygen atoms in total. The summed E-state index contributed by atoms with van der Waals surface area (Å²) >= 11 is 0. The van der Waals surface area contributed by atoms with Crippen molar-refractivity contribution in [2.75, 3.05) is 38.3 Å². The fourth-order valence-corrected chi connectivity index (χ4v) is 4.50. The third kappa shape index (κ3) is 2.87. The van der Waals surface area contributed by atoms with Gasteiger partial charge in [-0.1, -0.05) is 0 Å². The van der Waals surface area contributed by atoms with E-state index in [1.807, 2.05) is 4.90 Å². The Morgan fingerprint density at radius 1 is 1.38 bits per heavy atom. The molecule has 2 N–H and O–H groups in total. The third-order valence-corrected chi connectivity index (χ3v) is 6.00. The van der Waals surface area contributed by atoms with E-state index in [1.165, 1.54) is 13.3 Å². The van der Waals surface area contributed by atoms with Gasteiger partial charge in [0.05, 0.1) is 36.8 Å². The minimum Gasteiger partial charge on any atom is -0.492 e. The van der Waals surface area contributed by atoms with Gasteiger partial charge in [0, 0.05) is 31.9 Å². The van der Waals surface area contributed by atoms with Gasteiger partial charge in [-0.15, -0.1) is 0 Å². The number of carbonyl (C=O) groups is 1. The largest absolute Gasteiger partial charge is 0.492 e. The maximum atomic E-state index is 15.3. The number of fused-ring (bicyclic) bond motifs is 2. The molecule has 2 atom stereocenters. The molecule has 0 bridgehead atoms. The van der Waals surface area contributed by atoms with Crippen molar-refractivity contribution in [3.63, 3.8) is 0 Å². The summed E-state index contributed by atoms with van der Waals surface area (Å²) in [5.74, 6) is -1.66. The van der Waals surface area contributed by atoms with Crippen molar-refractivity contribution >= 4 is 22.6 Å². The zero-order valence-electron chi connectivity index (χ0n) is 16.0. The smallest absolute Gasteiger partial charge is 0.341 e. The molecule has 2 aliphatic heterocycles. The van der Waals surface area contributed by atoms with Gasteiger partial charge in [0.2, 0.25) is 5.43 Å². The van der Waals surface area contributed by atoms with Gasteiger partial charge in [-0.2, -0.15) is 0 Å². The Bertz CT molecular complexity index is 1050. The zero-order chi connectivity index (χ0) is 20.3. The van der Waals surface area contributed by atoms with E-state index >= 15 is 4.39 Å². The Morgan fingerprint density at radius 2 is 2.17 bits per heavy atom. The van der Waals surface area contributed by atoms with E-state index in [-0.39, 0.29) is 40.6 Å². The standard InChI is InChI=1S/C20H22FN3O5/c1-28-19-16-11(18(25)12(20(26)27)7-24(16)10-2-3-10)6-13(21)17(19)23-8-14-15(9-23)29-5-4-22-14/h6-7,10,14-15,22H,2-5,8-9H2,1H3,(H,26,27)/t14-,15-/m0/s1. The molecular formula is C20H22FN3O5. The number of nitrogens with one attached hydrogen (secondary N) is 1. The van der Waals surface area contributed by atoms with Gasteiger partial charge < -0.3 is 29.4 Å². The van der Waals surface area contributed by atoms with Gasteiger partial charge in [0.1, 0.15) is 11.3 Å². The van der Waals surface area contributed by atoms with Gasteiger partial charge >= 0.3 is 5.97 Å². The van der Waals surface area contributed by atoms with E-state index in [9.17, 15) is 14.7 Å². The number of morpholine rings is 1. The number of hydrogen-bond acceptors (Lipinski definition) is 6. The van der Waals surface area contributed by atoms with Crippen LogP contribution in [0.3, 0.4) is 0 Å². The molecule has 3 fully saturated rings. The van der Waals surface area contributed by atoms with Gasteiger partial charge in [0.15, 0.2) is 11.6 Å². The summed E-state index contributed by atoms with van der Waals surface area (Å²) < 4.78 is 28.5. The Balaban J connectivity index is 1.73. The molecule has 0 amide bonds. The summed E-state index contributed by atoms with van der Waals surface area (Å²) in [6.07, 6.45) is 3.07. The molecule has 29 heavy (non-hydrogen) atoms. The predicted molar refractivity (Wildman–Crippen MR) is 104 cm³/mol. The highest BCUT2D eigenvalue weighted by atomic mass is 19.1. The molecule has 1 aliphatic carbocycles. The van der Waals surface area contributed by atoms with Gasteiger partial charge in [-0.05, 0) is 18.9 Å². The molecule has 154 valence electrons. The van der Waals surface area contributed by atoms with Crippen molar-refractivity contribution < 1.29 is 23.8 Å². The molecule has 0 spiro atoms. The Kier molecular flexibility index (Phi) is 4.25. The van der Waals surface area contributed by atoms with Crippen LogP contribution in [0.4, 0.5) is 10.1 Å². The fraction of sp³-hybridized carbons (Fsp3) is 0.500. The third-order valence-electron chi connectivity index (χ3n) is 6.00. The van der Waals surface area contributed by atoms with Crippen molar-refractivity contribution in [3.8, 4) is 5.75 Å². The lowest BCUT2D eigenvalue weighted by Gasteiger charge is -2.25. The summed E-state index contributed by atoms with van der Waals surface area (Å²) in [7, 11) is 1.45. The first-order valence-corrected chi connectivity index (χ1v) is 9.78. The number of carboxylic acids is 1. The Morgan fingerprint density at radius 3 is 2.83 bits per heavy atom. The number of ether oxygens (including phenoxy) is 2. The first-order chi connectivity index (χ1) is 14.0. The molecule has 5 rings (SSSR count). The SMILES string of the molecule is COc1c(N2C[C@@H]3NCCO[C@H]3C2)c(F)cc2c(=O)c(C(=O)O)cn(C3CC3)c12. The molecule has 3 aliphatic rings. The van der Waals surface area contributed by atoms with Crippen LogP contribution in [-0.2, 0) is 4.74 Å². The number of pyridine rings is 1. The molecule has 0 radical (unpaired) electrons. The number of methoxy groups -OCH3 is 1.